The number of fused-ring (bicyclic) bond motifs is 2. The van der Waals surface area contributed by atoms with Gasteiger partial charge < -0.3 is 9.84 Å². The fraction of sp³-hybridized carbons (Fsp3) is 0.833. The lowest BCUT2D eigenvalue weighted by Gasteiger charge is -2.15. The van der Waals surface area contributed by atoms with Gasteiger partial charge in [0.05, 0.1) is 5.92 Å². The summed E-state index contributed by atoms with van der Waals surface area (Å²) in [5.41, 5.74) is 0. The first-order valence-electron chi connectivity index (χ1n) is 6.45. The first kappa shape index (κ1) is 10.3. The number of unbranched alkanes of at least 4 members (excludes halogenated alkanes) is 1. The van der Waals surface area contributed by atoms with Crippen LogP contribution in [-0.4, -0.2) is 22.2 Å². The standard InChI is InChI=1S/C12H19N3O/c1-2-3-4-11-14-12(16-15-11)9-7-8-5-6-10(9)13-8/h8-10,13H,2-7H2,1H3. The first-order valence-corrected chi connectivity index (χ1v) is 6.45. The molecule has 0 aliphatic carbocycles. The maximum absolute atomic E-state index is 5.40. The molecule has 4 nitrogen and oxygen atoms in total. The summed E-state index contributed by atoms with van der Waals surface area (Å²) in [6.45, 7) is 2.18. The molecule has 2 aliphatic heterocycles. The van der Waals surface area contributed by atoms with E-state index >= 15 is 0 Å². The van der Waals surface area contributed by atoms with Gasteiger partial charge in [-0.05, 0) is 25.7 Å². The van der Waals surface area contributed by atoms with Gasteiger partial charge in [0.15, 0.2) is 5.82 Å². The molecule has 0 saturated carbocycles. The summed E-state index contributed by atoms with van der Waals surface area (Å²) in [7, 11) is 0. The molecule has 2 fully saturated rings. The summed E-state index contributed by atoms with van der Waals surface area (Å²) in [4.78, 5) is 4.53. The molecule has 0 amide bonds. The van der Waals surface area contributed by atoms with E-state index in [1.807, 2.05) is 0 Å². The minimum Gasteiger partial charge on any atom is -0.339 e. The number of nitrogens with zero attached hydrogens (tertiary/aromatic N) is 2. The van der Waals surface area contributed by atoms with Gasteiger partial charge in [0.25, 0.3) is 0 Å². The van der Waals surface area contributed by atoms with Crippen LogP contribution in [0.25, 0.3) is 0 Å². The topological polar surface area (TPSA) is 51.0 Å². The predicted molar refractivity (Wildman–Crippen MR) is 60.2 cm³/mol. The summed E-state index contributed by atoms with van der Waals surface area (Å²) in [6, 6.07) is 1.28. The average Bonchev–Trinajstić information content (AvgIpc) is 3.01. The molecule has 1 N–H and O–H groups in total. The molecule has 2 bridgehead atoms. The molecule has 88 valence electrons. The number of hydrogen-bond donors (Lipinski definition) is 1. The van der Waals surface area contributed by atoms with E-state index in [0.29, 0.717) is 18.0 Å². The lowest BCUT2D eigenvalue weighted by atomic mass is 9.89. The molecule has 3 heterocycles. The number of hydrogen-bond acceptors (Lipinski definition) is 4. The van der Waals surface area contributed by atoms with Gasteiger partial charge in [-0.15, -0.1) is 0 Å². The van der Waals surface area contributed by atoms with E-state index in [-0.39, 0.29) is 0 Å². The van der Waals surface area contributed by atoms with E-state index < -0.39 is 0 Å². The van der Waals surface area contributed by atoms with Crippen LogP contribution in [0.1, 0.15) is 56.7 Å². The van der Waals surface area contributed by atoms with E-state index in [2.05, 4.69) is 22.4 Å². The maximum Gasteiger partial charge on any atom is 0.231 e. The van der Waals surface area contributed by atoms with Gasteiger partial charge in [-0.25, -0.2) is 0 Å². The molecule has 3 unspecified atom stereocenters. The monoisotopic (exact) mass is 221 g/mol. The Bertz CT molecular complexity index is 363. The van der Waals surface area contributed by atoms with Gasteiger partial charge in [-0.3, -0.25) is 0 Å². The van der Waals surface area contributed by atoms with Crippen molar-refractivity contribution < 1.29 is 4.52 Å². The zero-order valence-electron chi connectivity index (χ0n) is 9.78. The Labute approximate surface area is 95.8 Å². The predicted octanol–water partition coefficient (Wildman–Crippen LogP) is 2.02. The molecule has 3 atom stereocenters. The number of aromatic nitrogens is 2. The first-order chi connectivity index (χ1) is 7.86. The summed E-state index contributed by atoms with van der Waals surface area (Å²) in [5, 5.41) is 7.67. The van der Waals surface area contributed by atoms with E-state index in [0.717, 1.165) is 24.6 Å². The summed E-state index contributed by atoms with van der Waals surface area (Å²) < 4.78 is 5.40. The highest BCUT2D eigenvalue weighted by molar-refractivity contribution is 5.09. The van der Waals surface area contributed by atoms with Crippen LogP contribution in [0.2, 0.25) is 0 Å². The second-order valence-electron chi connectivity index (χ2n) is 5.04. The second kappa shape index (κ2) is 4.17. The second-order valence-corrected chi connectivity index (χ2v) is 5.04. The third kappa shape index (κ3) is 1.75. The summed E-state index contributed by atoms with van der Waals surface area (Å²) in [5.74, 6) is 2.23. The quantitative estimate of drug-likeness (QED) is 0.845. The van der Waals surface area contributed by atoms with Gasteiger partial charge in [0.1, 0.15) is 0 Å². The Morgan fingerprint density at radius 1 is 1.44 bits per heavy atom. The van der Waals surface area contributed by atoms with Crippen LogP contribution >= 0.6 is 0 Å². The SMILES string of the molecule is CCCCc1noc(C2CC3CCC2N3)n1. The van der Waals surface area contributed by atoms with E-state index in [1.54, 1.807) is 0 Å². The van der Waals surface area contributed by atoms with Crippen LogP contribution in [0, 0.1) is 0 Å². The third-order valence-corrected chi connectivity index (χ3v) is 3.85. The molecule has 0 radical (unpaired) electrons. The molecule has 1 aromatic heterocycles. The Hall–Kier alpha value is -0.900. The molecule has 2 saturated heterocycles. The van der Waals surface area contributed by atoms with Gasteiger partial charge in [0.2, 0.25) is 5.89 Å². The lowest BCUT2D eigenvalue weighted by Crippen LogP contribution is -2.21. The highest BCUT2D eigenvalue weighted by Gasteiger charge is 2.42. The molecule has 16 heavy (non-hydrogen) atoms. The Morgan fingerprint density at radius 2 is 2.38 bits per heavy atom. The van der Waals surface area contributed by atoms with E-state index in [4.69, 9.17) is 4.52 Å². The van der Waals surface area contributed by atoms with Crippen molar-refractivity contribution in [1.82, 2.24) is 15.5 Å². The van der Waals surface area contributed by atoms with Gasteiger partial charge in [-0.1, -0.05) is 18.5 Å². The van der Waals surface area contributed by atoms with Crippen LogP contribution in [0.15, 0.2) is 4.52 Å². The van der Waals surface area contributed by atoms with Gasteiger partial charge in [-0.2, -0.15) is 4.98 Å². The van der Waals surface area contributed by atoms with E-state index in [9.17, 15) is 0 Å². The van der Waals surface area contributed by atoms with Gasteiger partial charge >= 0.3 is 0 Å². The molecular weight excluding hydrogens is 202 g/mol. The minimum absolute atomic E-state index is 0.474. The minimum atomic E-state index is 0.474. The van der Waals surface area contributed by atoms with Crippen LogP contribution < -0.4 is 5.32 Å². The summed E-state index contributed by atoms with van der Waals surface area (Å²) >= 11 is 0. The van der Waals surface area contributed by atoms with Crippen LogP contribution in [0.4, 0.5) is 0 Å². The third-order valence-electron chi connectivity index (χ3n) is 3.85. The van der Waals surface area contributed by atoms with Crippen LogP contribution in [0.5, 0.6) is 0 Å². The molecule has 1 aromatic rings. The fourth-order valence-corrected chi connectivity index (χ4v) is 2.95. The highest BCUT2D eigenvalue weighted by atomic mass is 16.5. The zero-order valence-corrected chi connectivity index (χ0v) is 9.78. The average molecular weight is 221 g/mol. The normalized spacial score (nSPS) is 32.4. The van der Waals surface area contributed by atoms with Crippen LogP contribution in [-0.2, 0) is 6.42 Å². The van der Waals surface area contributed by atoms with Crippen molar-refractivity contribution in [3.05, 3.63) is 11.7 Å². The Balaban J connectivity index is 1.68. The van der Waals surface area contributed by atoms with Crippen LogP contribution in [0.3, 0.4) is 0 Å². The van der Waals surface area contributed by atoms with Crippen molar-refractivity contribution >= 4 is 0 Å². The van der Waals surface area contributed by atoms with Crippen molar-refractivity contribution in [2.24, 2.45) is 0 Å². The number of nitrogens with one attached hydrogen (secondary N) is 1. The molecule has 4 heteroatoms. The van der Waals surface area contributed by atoms with Crippen molar-refractivity contribution in [1.29, 1.82) is 0 Å². The van der Waals surface area contributed by atoms with E-state index in [1.165, 1.54) is 25.7 Å². The van der Waals surface area contributed by atoms with Gasteiger partial charge in [0, 0.05) is 18.5 Å². The largest absolute Gasteiger partial charge is 0.339 e. The molecule has 2 aliphatic rings. The molecular formula is C12H19N3O. The number of aryl methyl sites for hydroxylation is 1. The number of rotatable bonds is 4. The van der Waals surface area contributed by atoms with Crippen molar-refractivity contribution in [3.63, 3.8) is 0 Å². The fourth-order valence-electron chi connectivity index (χ4n) is 2.95. The van der Waals surface area contributed by atoms with Crippen molar-refractivity contribution in [2.45, 2.75) is 63.5 Å². The maximum atomic E-state index is 5.40. The molecule has 0 spiro atoms. The smallest absolute Gasteiger partial charge is 0.231 e. The van der Waals surface area contributed by atoms with Crippen molar-refractivity contribution in [3.8, 4) is 0 Å². The molecule has 0 aromatic carbocycles. The Morgan fingerprint density at radius 3 is 3.06 bits per heavy atom. The van der Waals surface area contributed by atoms with Crippen molar-refractivity contribution in [2.75, 3.05) is 0 Å². The highest BCUT2D eigenvalue weighted by Crippen LogP contribution is 2.39. The Kier molecular flexibility index (Phi) is 2.67. The molecule has 3 rings (SSSR count). The summed E-state index contributed by atoms with van der Waals surface area (Å²) in [6.07, 6.45) is 7.04. The zero-order chi connectivity index (χ0) is 11.0. The lowest BCUT2D eigenvalue weighted by molar-refractivity contribution is 0.326.